The van der Waals surface area contributed by atoms with E-state index in [1.165, 1.54) is 12.3 Å². The van der Waals surface area contributed by atoms with E-state index in [1.807, 2.05) is 0 Å². The van der Waals surface area contributed by atoms with E-state index in [0.29, 0.717) is 28.3 Å². The van der Waals surface area contributed by atoms with Gasteiger partial charge in [-0.3, -0.25) is 9.78 Å². The fraction of sp³-hybridized carbons (Fsp3) is 0.304. The van der Waals surface area contributed by atoms with E-state index in [0.717, 1.165) is 31.4 Å². The Balaban J connectivity index is 1.63. The largest absolute Gasteiger partial charge is 0.382 e. The number of benzene rings is 1. The van der Waals surface area contributed by atoms with Gasteiger partial charge in [0.05, 0.1) is 17.6 Å². The summed E-state index contributed by atoms with van der Waals surface area (Å²) in [5, 5.41) is 3.07. The Kier molecular flexibility index (Phi) is 7.43. The number of anilines is 2. The lowest BCUT2D eigenvalue weighted by Gasteiger charge is -2.10. The predicted octanol–water partition coefficient (Wildman–Crippen LogP) is 4.36. The number of Topliss-reactive ketones (excluding diaryl/α,β-unsaturated/α-hetero) is 1. The molecule has 6 nitrogen and oxygen atoms in total. The number of pyridine rings is 1. The third-order valence-corrected chi connectivity index (χ3v) is 4.81. The number of aryl methyl sites for hydroxylation is 1. The molecule has 0 amide bonds. The number of hydrogen-bond donors (Lipinski definition) is 2. The normalized spacial score (nSPS) is 10.7. The lowest BCUT2D eigenvalue weighted by Crippen LogP contribution is -2.09. The van der Waals surface area contributed by atoms with Crippen LogP contribution in [0.5, 0.6) is 0 Å². The molecule has 156 valence electrons. The highest BCUT2D eigenvalue weighted by molar-refractivity contribution is 5.95. The minimum atomic E-state index is -0.350. The van der Waals surface area contributed by atoms with Gasteiger partial charge in [-0.2, -0.15) is 0 Å². The number of nitrogens with two attached hydrogens (primary N) is 1. The summed E-state index contributed by atoms with van der Waals surface area (Å²) in [5.74, 6) is -0.150. The van der Waals surface area contributed by atoms with Crippen LogP contribution in [-0.4, -0.2) is 20.7 Å². The van der Waals surface area contributed by atoms with Gasteiger partial charge in [-0.1, -0.05) is 31.9 Å². The van der Waals surface area contributed by atoms with E-state index in [9.17, 15) is 9.18 Å². The summed E-state index contributed by atoms with van der Waals surface area (Å²) < 4.78 is 14.2. The van der Waals surface area contributed by atoms with Crippen molar-refractivity contribution >= 4 is 17.3 Å². The molecule has 0 aliphatic heterocycles. The van der Waals surface area contributed by atoms with Crippen LogP contribution in [0.25, 0.3) is 0 Å². The van der Waals surface area contributed by atoms with Crippen LogP contribution < -0.4 is 11.1 Å². The van der Waals surface area contributed by atoms with Crippen LogP contribution in [0.2, 0.25) is 0 Å². The number of carbonyl (C=O) groups excluding carboxylic acids is 1. The molecule has 0 saturated carbocycles. The third kappa shape index (κ3) is 5.83. The van der Waals surface area contributed by atoms with Crippen molar-refractivity contribution in [2.24, 2.45) is 0 Å². The maximum atomic E-state index is 14.2. The molecule has 0 bridgehead atoms. The molecule has 1 aromatic carbocycles. The van der Waals surface area contributed by atoms with Crippen LogP contribution >= 0.6 is 0 Å². The second kappa shape index (κ2) is 10.4. The minimum absolute atomic E-state index is 0.131. The van der Waals surface area contributed by atoms with Gasteiger partial charge in [0.2, 0.25) is 0 Å². The van der Waals surface area contributed by atoms with E-state index in [4.69, 9.17) is 5.73 Å². The minimum Gasteiger partial charge on any atom is -0.382 e. The van der Waals surface area contributed by atoms with Gasteiger partial charge < -0.3 is 11.1 Å². The Hall–Kier alpha value is -3.35. The molecule has 0 spiro atoms. The van der Waals surface area contributed by atoms with Crippen LogP contribution in [0, 0.1) is 5.82 Å². The van der Waals surface area contributed by atoms with Gasteiger partial charge >= 0.3 is 0 Å². The third-order valence-electron chi connectivity index (χ3n) is 4.81. The zero-order valence-electron chi connectivity index (χ0n) is 17.1. The number of nitrogens with zero attached hydrogens (tertiary/aromatic N) is 3. The molecule has 0 saturated heterocycles. The van der Waals surface area contributed by atoms with Gasteiger partial charge in [-0.25, -0.2) is 14.4 Å². The molecule has 0 radical (unpaired) electrons. The molecule has 0 unspecified atom stereocenters. The first-order valence-electron chi connectivity index (χ1n) is 10.1. The second-order valence-corrected chi connectivity index (χ2v) is 7.17. The maximum absolute atomic E-state index is 14.2. The summed E-state index contributed by atoms with van der Waals surface area (Å²) in [6.45, 7) is 2.38. The van der Waals surface area contributed by atoms with Crippen LogP contribution in [0.1, 0.15) is 53.5 Å². The SMILES string of the molecule is CCCCCc1cnc(C(=O)Cc2ccc(F)c(CNc3cccnc3N)c2)cn1. The van der Waals surface area contributed by atoms with Crippen LogP contribution in [0.15, 0.2) is 48.9 Å². The second-order valence-electron chi connectivity index (χ2n) is 7.17. The van der Waals surface area contributed by atoms with E-state index in [-0.39, 0.29) is 24.6 Å². The molecule has 0 fully saturated rings. The topological polar surface area (TPSA) is 93.8 Å². The van der Waals surface area contributed by atoms with Gasteiger partial charge in [0, 0.05) is 30.9 Å². The molecule has 2 heterocycles. The summed E-state index contributed by atoms with van der Waals surface area (Å²) in [5.41, 5.74) is 8.81. The smallest absolute Gasteiger partial charge is 0.187 e. The number of rotatable bonds is 10. The molecule has 2 aromatic heterocycles. The maximum Gasteiger partial charge on any atom is 0.187 e. The van der Waals surface area contributed by atoms with Crippen LogP contribution in [-0.2, 0) is 19.4 Å². The van der Waals surface area contributed by atoms with Crippen molar-refractivity contribution in [1.29, 1.82) is 0 Å². The van der Waals surface area contributed by atoms with Crippen molar-refractivity contribution in [3.63, 3.8) is 0 Å². The zero-order chi connectivity index (χ0) is 21.3. The van der Waals surface area contributed by atoms with Gasteiger partial charge in [0.1, 0.15) is 17.3 Å². The highest BCUT2D eigenvalue weighted by Gasteiger charge is 2.12. The van der Waals surface area contributed by atoms with Crippen molar-refractivity contribution < 1.29 is 9.18 Å². The lowest BCUT2D eigenvalue weighted by molar-refractivity contribution is 0.0987. The van der Waals surface area contributed by atoms with Crippen molar-refractivity contribution in [2.45, 2.75) is 45.6 Å². The molecule has 7 heteroatoms. The van der Waals surface area contributed by atoms with Crippen molar-refractivity contribution in [3.05, 3.63) is 77.3 Å². The standard InChI is InChI=1S/C23H26FN5O/c1-2-3-4-6-18-14-29-21(15-27-18)22(30)12-16-8-9-19(24)17(11-16)13-28-20-7-5-10-26-23(20)25/h5,7-11,14-15,28H,2-4,6,12-13H2,1H3,(H2,25,26). The Bertz CT molecular complexity index is 991. The van der Waals surface area contributed by atoms with Crippen molar-refractivity contribution in [2.75, 3.05) is 11.1 Å². The Morgan fingerprint density at radius 2 is 2.00 bits per heavy atom. The molecule has 3 rings (SSSR count). The summed E-state index contributed by atoms with van der Waals surface area (Å²) in [6, 6.07) is 8.19. The number of hydrogen-bond acceptors (Lipinski definition) is 6. The number of aromatic nitrogens is 3. The molecular formula is C23H26FN5O. The molecular weight excluding hydrogens is 381 g/mol. The van der Waals surface area contributed by atoms with E-state index < -0.39 is 0 Å². The predicted molar refractivity (Wildman–Crippen MR) is 116 cm³/mol. The first-order valence-corrected chi connectivity index (χ1v) is 10.1. The molecule has 0 aliphatic carbocycles. The fourth-order valence-electron chi connectivity index (χ4n) is 3.09. The van der Waals surface area contributed by atoms with E-state index in [1.54, 1.807) is 36.7 Å². The Morgan fingerprint density at radius 3 is 2.73 bits per heavy atom. The number of ketones is 1. The van der Waals surface area contributed by atoms with Crippen molar-refractivity contribution in [3.8, 4) is 0 Å². The quantitative estimate of drug-likeness (QED) is 0.383. The average Bonchev–Trinajstić information content (AvgIpc) is 2.75. The van der Waals surface area contributed by atoms with E-state index >= 15 is 0 Å². The number of nitrogen functional groups attached to an aromatic ring is 1. The van der Waals surface area contributed by atoms with Gasteiger partial charge in [-0.05, 0) is 36.6 Å². The number of unbranched alkanes of at least 4 members (excludes halogenated alkanes) is 2. The molecule has 3 aromatic rings. The first kappa shape index (κ1) is 21.4. The summed E-state index contributed by atoms with van der Waals surface area (Å²) in [6.07, 6.45) is 9.15. The highest BCUT2D eigenvalue weighted by Crippen LogP contribution is 2.18. The molecule has 0 aliphatic rings. The Labute approximate surface area is 175 Å². The monoisotopic (exact) mass is 407 g/mol. The molecule has 30 heavy (non-hydrogen) atoms. The number of carbonyl (C=O) groups is 1. The van der Waals surface area contributed by atoms with Gasteiger partial charge in [0.15, 0.2) is 5.78 Å². The van der Waals surface area contributed by atoms with Gasteiger partial charge in [0.25, 0.3) is 0 Å². The van der Waals surface area contributed by atoms with Crippen LogP contribution in [0.3, 0.4) is 0 Å². The Morgan fingerprint density at radius 1 is 1.13 bits per heavy atom. The summed E-state index contributed by atoms with van der Waals surface area (Å²) in [4.78, 5) is 25.2. The van der Waals surface area contributed by atoms with Crippen LogP contribution in [0.4, 0.5) is 15.9 Å². The zero-order valence-corrected chi connectivity index (χ0v) is 17.1. The van der Waals surface area contributed by atoms with Gasteiger partial charge in [-0.15, -0.1) is 0 Å². The first-order chi connectivity index (χ1) is 14.6. The lowest BCUT2D eigenvalue weighted by atomic mass is 10.0. The highest BCUT2D eigenvalue weighted by atomic mass is 19.1. The van der Waals surface area contributed by atoms with E-state index in [2.05, 4.69) is 27.2 Å². The summed E-state index contributed by atoms with van der Waals surface area (Å²) in [7, 11) is 0. The summed E-state index contributed by atoms with van der Waals surface area (Å²) >= 11 is 0. The van der Waals surface area contributed by atoms with Crippen molar-refractivity contribution in [1.82, 2.24) is 15.0 Å². The molecule has 0 atom stereocenters. The number of nitrogens with one attached hydrogen (secondary N) is 1. The number of halogens is 1. The molecule has 3 N–H and O–H groups in total. The average molecular weight is 407 g/mol. The fourth-order valence-corrected chi connectivity index (χ4v) is 3.09.